The summed E-state index contributed by atoms with van der Waals surface area (Å²) in [7, 11) is 0. The van der Waals surface area contributed by atoms with Crippen molar-refractivity contribution in [2.45, 2.75) is 73.1 Å². The predicted octanol–water partition coefficient (Wildman–Crippen LogP) is 10.2. The van der Waals surface area contributed by atoms with E-state index in [1.54, 1.807) is 12.1 Å². The monoisotopic (exact) mass is 806 g/mol. The van der Waals surface area contributed by atoms with E-state index in [-0.39, 0.29) is 46.7 Å². The summed E-state index contributed by atoms with van der Waals surface area (Å²) in [6.45, 7) is 17.5. The zero-order valence-corrected chi connectivity index (χ0v) is 35.2. The molecule has 0 aliphatic carbocycles. The molecular weight excluding hydrogens is 757 g/mol. The van der Waals surface area contributed by atoms with Crippen LogP contribution >= 0.6 is 0 Å². The van der Waals surface area contributed by atoms with Gasteiger partial charge in [-0.2, -0.15) is 49.9 Å². The molecular formula is C42H50N18. The highest BCUT2D eigenvalue weighted by atomic mass is 15.5. The molecule has 18 heteroatoms. The Bertz CT molecular complexity index is 2470. The summed E-state index contributed by atoms with van der Waals surface area (Å²) >= 11 is 0. The second-order valence-electron chi connectivity index (χ2n) is 16.9. The highest BCUT2D eigenvalue weighted by Crippen LogP contribution is 2.39. The summed E-state index contributed by atoms with van der Waals surface area (Å²) in [6, 6.07) is 27.7. The fourth-order valence-electron chi connectivity index (χ4n) is 5.54. The Labute approximate surface area is 348 Å². The minimum absolute atomic E-state index is 0.0301. The van der Waals surface area contributed by atoms with Gasteiger partial charge in [0.05, 0.1) is 34.2 Å². The molecule has 3 aromatic carbocycles. The number of hydrogen-bond acceptors (Lipinski definition) is 16. The topological polar surface area (TPSA) is 262 Å². The minimum Gasteiger partial charge on any atom is -0.383 e. The van der Waals surface area contributed by atoms with Crippen molar-refractivity contribution in [3.63, 3.8) is 0 Å². The lowest BCUT2D eigenvalue weighted by molar-refractivity contribution is 0.556. The van der Waals surface area contributed by atoms with E-state index in [0.717, 1.165) is 0 Å². The van der Waals surface area contributed by atoms with Gasteiger partial charge >= 0.3 is 0 Å². The van der Waals surface area contributed by atoms with Crippen molar-refractivity contribution < 1.29 is 0 Å². The first kappa shape index (κ1) is 42.1. The highest BCUT2D eigenvalue weighted by molar-refractivity contribution is 6.01. The first-order valence-electron chi connectivity index (χ1n) is 19.1. The minimum atomic E-state index is -0.665. The van der Waals surface area contributed by atoms with Gasteiger partial charge in [0, 0.05) is 16.2 Å². The van der Waals surface area contributed by atoms with Crippen LogP contribution in [-0.4, -0.2) is 40.2 Å². The molecule has 308 valence electrons. The quantitative estimate of drug-likeness (QED) is 0.0615. The normalized spacial score (nSPS) is 13.1. The van der Waals surface area contributed by atoms with Gasteiger partial charge in [-0.05, 0) is 36.4 Å². The number of nitrogens with one attached hydrogen (secondary N) is 2. The van der Waals surface area contributed by atoms with Crippen LogP contribution in [0, 0.1) is 10.8 Å². The molecule has 0 aliphatic rings. The second kappa shape index (κ2) is 16.8. The molecule has 3 heterocycles. The molecule has 0 saturated carbocycles. The number of anilines is 3. The van der Waals surface area contributed by atoms with E-state index in [2.05, 4.69) is 36.0 Å². The third-order valence-electron chi connectivity index (χ3n) is 8.76. The summed E-state index contributed by atoms with van der Waals surface area (Å²) in [6.07, 6.45) is 0. The van der Waals surface area contributed by atoms with Crippen LogP contribution in [0.4, 0.5) is 46.0 Å². The van der Waals surface area contributed by atoms with Crippen LogP contribution in [0.3, 0.4) is 0 Å². The van der Waals surface area contributed by atoms with Gasteiger partial charge in [0.15, 0.2) is 23.0 Å². The van der Waals surface area contributed by atoms with E-state index in [0.29, 0.717) is 39.8 Å². The molecule has 3 aromatic heterocycles. The summed E-state index contributed by atoms with van der Waals surface area (Å²) in [5.41, 5.74) is 22.4. The third-order valence-corrected chi connectivity index (χ3v) is 8.76. The number of rotatable bonds is 11. The lowest BCUT2D eigenvalue weighted by atomic mass is 9.88. The van der Waals surface area contributed by atoms with Gasteiger partial charge < -0.3 is 27.9 Å². The molecule has 0 atom stereocenters. The van der Waals surface area contributed by atoms with Crippen molar-refractivity contribution in [1.82, 2.24) is 34.5 Å². The van der Waals surface area contributed by atoms with Crippen molar-refractivity contribution in [1.29, 1.82) is 5.41 Å². The first-order valence-corrected chi connectivity index (χ1v) is 19.1. The van der Waals surface area contributed by atoms with Gasteiger partial charge in [-0.3, -0.25) is 0 Å². The molecule has 0 spiro atoms. The number of azo groups is 3. The molecule has 60 heavy (non-hydrogen) atoms. The van der Waals surface area contributed by atoms with Crippen molar-refractivity contribution in [3.8, 4) is 11.9 Å². The van der Waals surface area contributed by atoms with Crippen molar-refractivity contribution in [2.24, 2.45) is 41.8 Å². The van der Waals surface area contributed by atoms with E-state index in [9.17, 15) is 0 Å². The van der Waals surface area contributed by atoms with Crippen LogP contribution in [0.2, 0.25) is 0 Å². The summed E-state index contributed by atoms with van der Waals surface area (Å²) in [5, 5.41) is 48.6. The largest absolute Gasteiger partial charge is 0.383 e. The summed E-state index contributed by atoms with van der Waals surface area (Å²) < 4.78 is 2.70. The Morgan fingerprint density at radius 3 is 1.32 bits per heavy atom. The first-order chi connectivity index (χ1) is 28.3. The smallest absolute Gasteiger partial charge is 0.259 e. The van der Waals surface area contributed by atoms with Crippen LogP contribution in [0.1, 0.15) is 73.7 Å². The molecule has 0 aliphatic heterocycles. The SMILES string of the molecule is CC(C)(C)C(=N)/C(N=Nc1ccccc1)=C(/N)Nc1nc(-n2nc(C(C)(C)C)c(N=Nc3ccccc3)c2N)nc(-n2nc(C(C)(C)C)c(N=Nc3ccccc3)c2N)n1. The number of hydrogen-bond donors (Lipinski definition) is 5. The lowest BCUT2D eigenvalue weighted by Gasteiger charge is -2.21. The van der Waals surface area contributed by atoms with Gasteiger partial charge in [-0.1, -0.05) is 117 Å². The third kappa shape index (κ3) is 9.61. The Morgan fingerprint density at radius 2 is 0.950 bits per heavy atom. The average Bonchev–Trinajstić information content (AvgIpc) is 3.73. The summed E-state index contributed by atoms with van der Waals surface area (Å²) in [5.74, 6) is 0.0366. The van der Waals surface area contributed by atoms with Crippen molar-refractivity contribution in [3.05, 3.63) is 114 Å². The Balaban J connectivity index is 1.57. The Hall–Kier alpha value is -7.50. The number of benzene rings is 3. The van der Waals surface area contributed by atoms with Gasteiger partial charge in [-0.25, -0.2) is 0 Å². The van der Waals surface area contributed by atoms with Gasteiger partial charge in [0.1, 0.15) is 11.5 Å². The molecule has 0 radical (unpaired) electrons. The zero-order valence-electron chi connectivity index (χ0n) is 35.2. The number of nitrogens with zero attached hydrogens (tertiary/aromatic N) is 13. The van der Waals surface area contributed by atoms with Crippen LogP contribution in [0.15, 0.2) is 133 Å². The molecule has 6 aromatic rings. The second-order valence-corrected chi connectivity index (χ2v) is 16.9. The van der Waals surface area contributed by atoms with E-state index < -0.39 is 16.2 Å². The molecule has 0 amide bonds. The van der Waals surface area contributed by atoms with E-state index in [1.807, 2.05) is 141 Å². The maximum absolute atomic E-state index is 9.06. The molecule has 0 fully saturated rings. The van der Waals surface area contributed by atoms with E-state index in [1.165, 1.54) is 9.36 Å². The number of nitrogens with two attached hydrogens (primary N) is 3. The molecule has 0 saturated heterocycles. The predicted molar refractivity (Wildman–Crippen MR) is 235 cm³/mol. The van der Waals surface area contributed by atoms with Gasteiger partial charge in [0.25, 0.3) is 11.9 Å². The maximum Gasteiger partial charge on any atom is 0.259 e. The number of aromatic nitrogens is 7. The Morgan fingerprint density at radius 1 is 0.567 bits per heavy atom. The zero-order chi connectivity index (χ0) is 43.4. The number of nitrogen functional groups attached to an aromatic ring is 2. The van der Waals surface area contributed by atoms with Gasteiger partial charge in [0.2, 0.25) is 5.95 Å². The standard InChI is InChI=1S/C42H50N18/c1-40(2,3)31(43)28(54-51-25-19-13-10-14-20-25)34(44)47-37-48-38(59-35(45)29(32(57-59)41(4,5)6)55-52-26-21-15-11-16-22-26)50-39(49-37)60-36(46)30(33(58-60)42(7,8)9)56-53-27-23-17-12-18-24-27/h10-24,43H,44-46H2,1-9H3,(H,47,48,49,50)/b34-28+,43-31?,54-51?,55-52?,56-53?. The van der Waals surface area contributed by atoms with Gasteiger partial charge in [-0.15, -0.1) is 15.3 Å². The van der Waals surface area contributed by atoms with Crippen molar-refractivity contribution in [2.75, 3.05) is 16.8 Å². The molecule has 18 nitrogen and oxygen atoms in total. The maximum atomic E-state index is 9.06. The van der Waals surface area contributed by atoms with E-state index in [4.69, 9.17) is 47.8 Å². The average molecular weight is 807 g/mol. The van der Waals surface area contributed by atoms with Crippen molar-refractivity contribution >= 4 is 51.7 Å². The van der Waals surface area contributed by atoms with Crippen LogP contribution in [0.5, 0.6) is 0 Å². The fraction of sp³-hybridized carbons (Fsp3) is 0.286. The molecule has 8 N–H and O–H groups in total. The fourth-order valence-corrected chi connectivity index (χ4v) is 5.54. The summed E-state index contributed by atoms with van der Waals surface area (Å²) in [4.78, 5) is 14.3. The molecule has 6 rings (SSSR count). The highest BCUT2D eigenvalue weighted by Gasteiger charge is 2.31. The lowest BCUT2D eigenvalue weighted by Crippen LogP contribution is -2.26. The van der Waals surface area contributed by atoms with Crippen LogP contribution in [-0.2, 0) is 10.8 Å². The van der Waals surface area contributed by atoms with Crippen LogP contribution in [0.25, 0.3) is 11.9 Å². The Kier molecular flexibility index (Phi) is 11.8. The van der Waals surface area contributed by atoms with Crippen LogP contribution < -0.4 is 22.5 Å². The van der Waals surface area contributed by atoms with E-state index >= 15 is 0 Å². The number of allylic oxidation sites excluding steroid dienone is 1. The molecule has 0 bridgehead atoms. The molecule has 0 unspecified atom stereocenters.